The van der Waals surface area contributed by atoms with Gasteiger partial charge >= 0.3 is 0 Å². The summed E-state index contributed by atoms with van der Waals surface area (Å²) in [5.74, 6) is -0.384. The third-order valence-corrected chi connectivity index (χ3v) is 6.36. The van der Waals surface area contributed by atoms with Crippen LogP contribution < -0.4 is 5.32 Å². The molecule has 1 saturated carbocycles. The van der Waals surface area contributed by atoms with Crippen molar-refractivity contribution in [3.05, 3.63) is 35.3 Å². The third-order valence-electron chi connectivity index (χ3n) is 6.36. The van der Waals surface area contributed by atoms with Crippen molar-refractivity contribution >= 4 is 22.7 Å². The Morgan fingerprint density at radius 3 is 2.79 bits per heavy atom. The number of fused-ring (bicyclic) bond motifs is 1. The van der Waals surface area contributed by atoms with E-state index in [1.807, 2.05) is 11.8 Å². The number of hydrogen-bond acceptors (Lipinski definition) is 3. The van der Waals surface area contributed by atoms with E-state index in [1.165, 1.54) is 6.07 Å². The number of benzene rings is 1. The Labute approximate surface area is 170 Å². The van der Waals surface area contributed by atoms with Gasteiger partial charge in [0.15, 0.2) is 0 Å². The predicted octanol–water partition coefficient (Wildman–Crippen LogP) is 3.17. The molecule has 1 aliphatic heterocycles. The maximum Gasteiger partial charge on any atom is 0.267 e. The number of aromatic amines is 1. The maximum atomic E-state index is 14.1. The SMILES string of the molecule is CC(=O)N1CCCN([C@@H]2CCC[C@@H](NC(=O)c3cc4c(F)ccc(C)c4[nH]3)C2)C1. The number of carbonyl (C=O) groups is 2. The zero-order valence-corrected chi connectivity index (χ0v) is 17.1. The number of carbonyl (C=O) groups excluding carboxylic acids is 2. The number of H-pyrrole nitrogens is 1. The van der Waals surface area contributed by atoms with Crippen LogP contribution in [0.3, 0.4) is 0 Å². The Balaban J connectivity index is 1.42. The highest BCUT2D eigenvalue weighted by Gasteiger charge is 2.31. The fourth-order valence-electron chi connectivity index (χ4n) is 4.72. The first kappa shape index (κ1) is 19.9. The highest BCUT2D eigenvalue weighted by Crippen LogP contribution is 2.26. The van der Waals surface area contributed by atoms with Gasteiger partial charge in [0, 0.05) is 37.5 Å². The number of nitrogens with one attached hydrogen (secondary N) is 2. The number of aryl methyl sites for hydroxylation is 1. The van der Waals surface area contributed by atoms with Gasteiger partial charge in [0.25, 0.3) is 5.91 Å². The van der Waals surface area contributed by atoms with Gasteiger partial charge in [-0.15, -0.1) is 0 Å². The van der Waals surface area contributed by atoms with Gasteiger partial charge in [-0.25, -0.2) is 4.39 Å². The van der Waals surface area contributed by atoms with Gasteiger partial charge in [0.2, 0.25) is 5.91 Å². The summed E-state index contributed by atoms with van der Waals surface area (Å²) in [5.41, 5.74) is 1.99. The summed E-state index contributed by atoms with van der Waals surface area (Å²) in [4.78, 5) is 31.9. The largest absolute Gasteiger partial charge is 0.350 e. The molecule has 2 aromatic rings. The summed E-state index contributed by atoms with van der Waals surface area (Å²) in [6.07, 6.45) is 4.96. The van der Waals surface area contributed by atoms with Crippen molar-refractivity contribution in [2.45, 2.75) is 58.0 Å². The molecule has 0 bridgehead atoms. The average Bonchev–Trinajstić information content (AvgIpc) is 3.18. The quantitative estimate of drug-likeness (QED) is 0.832. The molecule has 0 unspecified atom stereocenters. The van der Waals surface area contributed by atoms with E-state index in [0.717, 1.165) is 50.8 Å². The number of halogens is 1. The van der Waals surface area contributed by atoms with Crippen LogP contribution in [0.25, 0.3) is 10.9 Å². The van der Waals surface area contributed by atoms with Crippen molar-refractivity contribution in [2.24, 2.45) is 0 Å². The Morgan fingerprint density at radius 1 is 1.21 bits per heavy atom. The molecule has 2 aliphatic rings. The van der Waals surface area contributed by atoms with Gasteiger partial charge in [-0.1, -0.05) is 6.07 Å². The number of nitrogens with zero attached hydrogens (tertiary/aromatic N) is 2. The first-order valence-electron chi connectivity index (χ1n) is 10.5. The van der Waals surface area contributed by atoms with Crippen molar-refractivity contribution < 1.29 is 14.0 Å². The fraction of sp³-hybridized carbons (Fsp3) is 0.545. The molecule has 29 heavy (non-hydrogen) atoms. The Kier molecular flexibility index (Phi) is 5.58. The van der Waals surface area contributed by atoms with Crippen LogP contribution in [0.15, 0.2) is 18.2 Å². The van der Waals surface area contributed by atoms with Gasteiger partial charge in [-0.05, 0) is 56.7 Å². The average molecular weight is 400 g/mol. The molecule has 1 saturated heterocycles. The minimum atomic E-state index is -0.321. The molecule has 2 heterocycles. The lowest BCUT2D eigenvalue weighted by Crippen LogP contribution is -2.53. The Morgan fingerprint density at radius 2 is 2.03 bits per heavy atom. The van der Waals surface area contributed by atoms with Crippen molar-refractivity contribution in [3.8, 4) is 0 Å². The van der Waals surface area contributed by atoms with Crippen LogP contribution in [0.2, 0.25) is 0 Å². The zero-order valence-electron chi connectivity index (χ0n) is 17.1. The second kappa shape index (κ2) is 8.14. The summed E-state index contributed by atoms with van der Waals surface area (Å²) in [7, 11) is 0. The molecule has 7 heteroatoms. The molecule has 2 N–H and O–H groups in total. The van der Waals surface area contributed by atoms with Crippen LogP contribution in [0.4, 0.5) is 4.39 Å². The monoisotopic (exact) mass is 400 g/mol. The van der Waals surface area contributed by atoms with Crippen LogP contribution in [0.1, 0.15) is 55.1 Å². The lowest BCUT2D eigenvalue weighted by molar-refractivity contribution is -0.133. The molecule has 0 spiro atoms. The normalized spacial score (nSPS) is 23.3. The highest BCUT2D eigenvalue weighted by atomic mass is 19.1. The van der Waals surface area contributed by atoms with Gasteiger partial charge in [-0.3, -0.25) is 14.5 Å². The van der Waals surface area contributed by atoms with Crippen molar-refractivity contribution in [1.29, 1.82) is 0 Å². The van der Waals surface area contributed by atoms with Crippen molar-refractivity contribution in [3.63, 3.8) is 0 Å². The molecule has 0 radical (unpaired) electrons. The smallest absolute Gasteiger partial charge is 0.267 e. The molecular weight excluding hydrogens is 371 g/mol. The zero-order chi connectivity index (χ0) is 20.5. The topological polar surface area (TPSA) is 68.4 Å². The van der Waals surface area contributed by atoms with E-state index in [-0.39, 0.29) is 23.7 Å². The third kappa shape index (κ3) is 4.15. The van der Waals surface area contributed by atoms with E-state index in [1.54, 1.807) is 19.1 Å². The van der Waals surface area contributed by atoms with E-state index >= 15 is 0 Å². The van der Waals surface area contributed by atoms with Gasteiger partial charge in [0.05, 0.1) is 12.2 Å². The molecule has 2 amide bonds. The standard InChI is InChI=1S/C22H29FN4O2/c1-14-7-8-19(23)18-12-20(25-21(14)18)22(29)24-16-5-3-6-17(11-16)27-10-4-9-26(13-27)15(2)28/h7-8,12,16-17,25H,3-6,9-11,13H2,1-2H3,(H,24,29)/t16-,17-/m1/s1. The van der Waals surface area contributed by atoms with Crippen LogP contribution in [-0.4, -0.2) is 58.4 Å². The number of hydrogen-bond donors (Lipinski definition) is 2. The first-order chi connectivity index (χ1) is 13.9. The van der Waals surface area contributed by atoms with Crippen LogP contribution in [0.5, 0.6) is 0 Å². The van der Waals surface area contributed by atoms with Crippen LogP contribution in [0, 0.1) is 12.7 Å². The van der Waals surface area contributed by atoms with E-state index < -0.39 is 0 Å². The summed E-state index contributed by atoms with van der Waals surface area (Å²) in [5, 5.41) is 3.59. The molecule has 1 aromatic heterocycles. The number of rotatable bonds is 3. The second-order valence-electron chi connectivity index (χ2n) is 8.42. The van der Waals surface area contributed by atoms with Crippen molar-refractivity contribution in [2.75, 3.05) is 19.8 Å². The molecule has 1 aromatic carbocycles. The molecule has 2 fully saturated rings. The van der Waals surface area contributed by atoms with Gasteiger partial charge in [0.1, 0.15) is 11.5 Å². The summed E-state index contributed by atoms with van der Waals surface area (Å²) < 4.78 is 14.1. The summed E-state index contributed by atoms with van der Waals surface area (Å²) in [6, 6.07) is 5.21. The van der Waals surface area contributed by atoms with Crippen LogP contribution >= 0.6 is 0 Å². The predicted molar refractivity (Wildman–Crippen MR) is 110 cm³/mol. The second-order valence-corrected chi connectivity index (χ2v) is 8.42. The molecule has 2 atom stereocenters. The van der Waals surface area contributed by atoms with Crippen molar-refractivity contribution in [1.82, 2.24) is 20.1 Å². The van der Waals surface area contributed by atoms with E-state index in [9.17, 15) is 14.0 Å². The lowest BCUT2D eigenvalue weighted by Gasteiger charge is -2.43. The maximum absolute atomic E-state index is 14.1. The van der Waals surface area contributed by atoms with Crippen LogP contribution in [-0.2, 0) is 4.79 Å². The minimum absolute atomic E-state index is 0.0892. The number of aromatic nitrogens is 1. The van der Waals surface area contributed by atoms with E-state index in [2.05, 4.69) is 15.2 Å². The van der Waals surface area contributed by atoms with E-state index in [4.69, 9.17) is 0 Å². The first-order valence-corrected chi connectivity index (χ1v) is 10.5. The fourth-order valence-corrected chi connectivity index (χ4v) is 4.72. The molecule has 4 rings (SSSR count). The summed E-state index contributed by atoms with van der Waals surface area (Å²) in [6.45, 7) is 6.03. The van der Waals surface area contributed by atoms with Gasteiger partial charge in [-0.2, -0.15) is 0 Å². The molecule has 156 valence electrons. The minimum Gasteiger partial charge on any atom is -0.350 e. The highest BCUT2D eigenvalue weighted by molar-refractivity contribution is 5.99. The molecule has 6 nitrogen and oxygen atoms in total. The molecular formula is C22H29FN4O2. The molecule has 1 aliphatic carbocycles. The Hall–Kier alpha value is -2.41. The summed E-state index contributed by atoms with van der Waals surface area (Å²) >= 11 is 0. The van der Waals surface area contributed by atoms with E-state index in [0.29, 0.717) is 29.3 Å². The Bertz CT molecular complexity index is 886. The number of amides is 2. The lowest BCUT2D eigenvalue weighted by atomic mass is 9.89. The van der Waals surface area contributed by atoms with Gasteiger partial charge < -0.3 is 15.2 Å².